The minimum atomic E-state index is -0.771. The first-order chi connectivity index (χ1) is 21.2. The van der Waals surface area contributed by atoms with Crippen molar-refractivity contribution < 1.29 is 33.6 Å². The maximum absolute atomic E-state index is 12.5. The predicted molar refractivity (Wildman–Crippen MR) is 184 cm³/mol. The molecule has 0 bridgehead atoms. The molecule has 9 nitrogen and oxygen atoms in total. The summed E-state index contributed by atoms with van der Waals surface area (Å²) in [6.07, 6.45) is 20.5. The number of quaternary nitrogens is 1. The Morgan fingerprint density at radius 2 is 0.909 bits per heavy atom. The van der Waals surface area contributed by atoms with Crippen LogP contribution in [0.5, 0.6) is 0 Å². The SMILES string of the molecule is CCCCCCCCCCCC(=O)NC(CSSCC(NC(=O)CCCCCCCCCC[NH+](C)C)C(=O)OC)C(=O)OC. The van der Waals surface area contributed by atoms with Crippen molar-refractivity contribution in [2.45, 2.75) is 141 Å². The molecule has 0 aliphatic carbocycles. The molecule has 2 atom stereocenters. The third kappa shape index (κ3) is 25.8. The molecule has 0 aliphatic rings. The van der Waals surface area contributed by atoms with Gasteiger partial charge in [0.2, 0.25) is 11.8 Å². The van der Waals surface area contributed by atoms with Gasteiger partial charge in [0.15, 0.2) is 0 Å². The smallest absolute Gasteiger partial charge is 0.329 e. The Morgan fingerprint density at radius 3 is 1.25 bits per heavy atom. The van der Waals surface area contributed by atoms with Crippen LogP contribution in [0.25, 0.3) is 0 Å². The molecule has 3 N–H and O–H groups in total. The average Bonchev–Trinajstić information content (AvgIpc) is 3.00. The van der Waals surface area contributed by atoms with Gasteiger partial charge in [-0.15, -0.1) is 0 Å². The van der Waals surface area contributed by atoms with E-state index in [9.17, 15) is 19.2 Å². The molecule has 2 unspecified atom stereocenters. The van der Waals surface area contributed by atoms with Gasteiger partial charge in [0.1, 0.15) is 12.1 Å². The molecule has 0 spiro atoms. The summed E-state index contributed by atoms with van der Waals surface area (Å²) < 4.78 is 9.77. The Bertz CT molecular complexity index is 757. The van der Waals surface area contributed by atoms with Crippen LogP contribution in [-0.2, 0) is 28.7 Å². The molecule has 0 fully saturated rings. The highest BCUT2D eigenvalue weighted by Crippen LogP contribution is 2.24. The first-order valence-electron chi connectivity index (χ1n) is 17.0. The molecule has 0 aromatic rings. The van der Waals surface area contributed by atoms with Crippen LogP contribution in [0.2, 0.25) is 0 Å². The van der Waals surface area contributed by atoms with Crippen molar-refractivity contribution >= 4 is 45.3 Å². The van der Waals surface area contributed by atoms with Crippen LogP contribution in [0.15, 0.2) is 0 Å². The summed E-state index contributed by atoms with van der Waals surface area (Å²) in [4.78, 5) is 50.9. The molecule has 0 saturated carbocycles. The molecule has 44 heavy (non-hydrogen) atoms. The highest BCUT2D eigenvalue weighted by atomic mass is 33.1. The van der Waals surface area contributed by atoms with E-state index in [1.165, 1.54) is 118 Å². The van der Waals surface area contributed by atoms with Crippen molar-refractivity contribution in [1.29, 1.82) is 0 Å². The highest BCUT2D eigenvalue weighted by Gasteiger charge is 2.24. The lowest BCUT2D eigenvalue weighted by Crippen LogP contribution is -3.05. The van der Waals surface area contributed by atoms with Gasteiger partial charge in [0, 0.05) is 24.3 Å². The zero-order valence-corrected chi connectivity index (χ0v) is 30.1. The minimum absolute atomic E-state index is 0.158. The third-order valence-corrected chi connectivity index (χ3v) is 9.95. The molecule has 0 aromatic carbocycles. The molecule has 0 aliphatic heterocycles. The fraction of sp³-hybridized carbons (Fsp3) is 0.879. The van der Waals surface area contributed by atoms with Crippen LogP contribution in [0, 0.1) is 0 Å². The third-order valence-electron chi connectivity index (χ3n) is 7.53. The topological polar surface area (TPSA) is 115 Å². The number of esters is 2. The fourth-order valence-corrected chi connectivity index (χ4v) is 7.11. The van der Waals surface area contributed by atoms with Crippen molar-refractivity contribution in [1.82, 2.24) is 10.6 Å². The van der Waals surface area contributed by atoms with Crippen LogP contribution in [0.3, 0.4) is 0 Å². The molecular weight excluding hydrogens is 599 g/mol. The molecule has 2 amide bonds. The Kier molecular flexibility index (Phi) is 29.2. The number of hydrogen-bond donors (Lipinski definition) is 3. The van der Waals surface area contributed by atoms with Crippen molar-refractivity contribution in [3.05, 3.63) is 0 Å². The van der Waals surface area contributed by atoms with Crippen LogP contribution in [-0.4, -0.2) is 82.2 Å². The monoisotopic (exact) mass is 662 g/mol. The van der Waals surface area contributed by atoms with Gasteiger partial charge < -0.3 is 25.0 Å². The van der Waals surface area contributed by atoms with Crippen LogP contribution in [0.4, 0.5) is 0 Å². The lowest BCUT2D eigenvalue weighted by atomic mass is 10.1. The van der Waals surface area contributed by atoms with Crippen LogP contribution >= 0.6 is 21.6 Å². The fourth-order valence-electron chi connectivity index (χ4n) is 4.81. The van der Waals surface area contributed by atoms with Crippen molar-refractivity contribution in [3.8, 4) is 0 Å². The number of carbonyl (C=O) groups is 4. The van der Waals surface area contributed by atoms with E-state index in [-0.39, 0.29) is 11.8 Å². The molecular formula is C33H64N3O6S2+. The lowest BCUT2D eigenvalue weighted by Gasteiger charge is -2.18. The maximum atomic E-state index is 12.5. The number of unbranched alkanes of at least 4 members (excludes halogenated alkanes) is 15. The van der Waals surface area contributed by atoms with E-state index >= 15 is 0 Å². The zero-order valence-electron chi connectivity index (χ0n) is 28.5. The van der Waals surface area contributed by atoms with Gasteiger partial charge >= 0.3 is 11.9 Å². The summed E-state index contributed by atoms with van der Waals surface area (Å²) in [5.74, 6) is -0.733. The van der Waals surface area contributed by atoms with Crippen molar-refractivity contribution in [2.75, 3.05) is 46.4 Å². The molecule has 0 saturated heterocycles. The Morgan fingerprint density at radius 1 is 0.568 bits per heavy atom. The zero-order chi connectivity index (χ0) is 32.8. The van der Waals surface area contributed by atoms with Gasteiger partial charge in [-0.2, -0.15) is 0 Å². The van der Waals surface area contributed by atoms with E-state index < -0.39 is 24.0 Å². The van der Waals surface area contributed by atoms with Gasteiger partial charge in [-0.25, -0.2) is 9.59 Å². The van der Waals surface area contributed by atoms with E-state index in [4.69, 9.17) is 9.47 Å². The number of carbonyl (C=O) groups excluding carboxylic acids is 4. The quantitative estimate of drug-likeness (QED) is 0.0543. The second-order valence-electron chi connectivity index (χ2n) is 12.0. The second-order valence-corrected chi connectivity index (χ2v) is 14.5. The first-order valence-corrected chi connectivity index (χ1v) is 19.5. The number of amides is 2. The number of rotatable bonds is 30. The molecule has 0 heterocycles. The number of nitrogens with one attached hydrogen (secondary N) is 3. The molecule has 11 heteroatoms. The highest BCUT2D eigenvalue weighted by molar-refractivity contribution is 8.76. The summed E-state index contributed by atoms with van der Waals surface area (Å²) in [6.45, 7) is 3.44. The molecule has 258 valence electrons. The number of ether oxygens (including phenoxy) is 2. The van der Waals surface area contributed by atoms with Gasteiger partial charge in [-0.05, 0) is 25.7 Å². The lowest BCUT2D eigenvalue weighted by molar-refractivity contribution is -0.858. The van der Waals surface area contributed by atoms with Crippen molar-refractivity contribution in [3.63, 3.8) is 0 Å². The largest absolute Gasteiger partial charge is 0.467 e. The molecule has 0 aromatic heterocycles. The minimum Gasteiger partial charge on any atom is -0.467 e. The van der Waals surface area contributed by atoms with Gasteiger partial charge in [0.05, 0.1) is 34.9 Å². The summed E-state index contributed by atoms with van der Waals surface area (Å²) >= 11 is 0. The van der Waals surface area contributed by atoms with Gasteiger partial charge in [-0.1, -0.05) is 112 Å². The Labute approximate surface area is 276 Å². The summed E-state index contributed by atoms with van der Waals surface area (Å²) in [7, 11) is 9.68. The van der Waals surface area contributed by atoms with E-state index in [1.54, 1.807) is 0 Å². The maximum Gasteiger partial charge on any atom is 0.329 e. The standard InChI is InChI=1S/C33H63N3O6S2/c1-6-7-8-9-10-11-14-17-20-23-30(37)34-28(32(39)41-4)26-43-44-27-29(33(40)42-5)35-31(38)24-21-18-15-12-13-16-19-22-25-36(2)3/h28-29H,6-27H2,1-5H3,(H,34,37)(H,35,38)/p+1. The van der Waals surface area contributed by atoms with E-state index in [0.717, 1.165) is 38.5 Å². The first kappa shape index (κ1) is 42.5. The Balaban J connectivity index is 4.26. The van der Waals surface area contributed by atoms with Crippen LogP contribution < -0.4 is 15.5 Å². The molecule has 0 rings (SSSR count). The van der Waals surface area contributed by atoms with E-state index in [0.29, 0.717) is 24.3 Å². The Hall–Kier alpha value is -1.46. The van der Waals surface area contributed by atoms with Gasteiger partial charge in [-0.3, -0.25) is 9.59 Å². The number of methoxy groups -OCH3 is 2. The predicted octanol–water partition coefficient (Wildman–Crippen LogP) is 5.26. The van der Waals surface area contributed by atoms with E-state index in [2.05, 4.69) is 31.7 Å². The molecule has 0 radical (unpaired) electrons. The van der Waals surface area contributed by atoms with Crippen molar-refractivity contribution in [2.24, 2.45) is 0 Å². The normalized spacial score (nSPS) is 12.5. The average molecular weight is 663 g/mol. The summed E-state index contributed by atoms with van der Waals surface area (Å²) in [6, 6.07) is -1.54. The second kappa shape index (κ2) is 30.2. The van der Waals surface area contributed by atoms with Crippen LogP contribution in [0.1, 0.15) is 129 Å². The van der Waals surface area contributed by atoms with E-state index in [1.807, 2.05) is 0 Å². The van der Waals surface area contributed by atoms with Gasteiger partial charge in [0.25, 0.3) is 0 Å². The summed E-state index contributed by atoms with van der Waals surface area (Å²) in [5, 5.41) is 5.59. The number of hydrogen-bond acceptors (Lipinski definition) is 8. The summed E-state index contributed by atoms with van der Waals surface area (Å²) in [5.41, 5.74) is 0.